The van der Waals surface area contributed by atoms with Gasteiger partial charge in [0.2, 0.25) is 0 Å². The van der Waals surface area contributed by atoms with Crippen molar-refractivity contribution in [1.82, 2.24) is 0 Å². The van der Waals surface area contributed by atoms with E-state index in [1.165, 1.54) is 76.5 Å². The molecule has 0 saturated heterocycles. The fourth-order valence-corrected chi connectivity index (χ4v) is 9.35. The van der Waals surface area contributed by atoms with E-state index in [0.717, 1.165) is 40.7 Å². The van der Waals surface area contributed by atoms with Gasteiger partial charge in [0.25, 0.3) is 0 Å². The molecule has 11 rings (SSSR count). The Balaban J connectivity index is 1.29. The van der Waals surface area contributed by atoms with Gasteiger partial charge in [-0.05, 0) is 143 Å². The van der Waals surface area contributed by atoms with Crippen LogP contribution in [0.1, 0.15) is 18.4 Å². The summed E-state index contributed by atoms with van der Waals surface area (Å²) in [6.07, 6.45) is 8.80. The first kappa shape index (κ1) is 34.0. The third kappa shape index (κ3) is 5.60. The summed E-state index contributed by atoms with van der Waals surface area (Å²) < 4.78 is 14.6. The fourth-order valence-electron chi connectivity index (χ4n) is 9.35. The second-order valence-corrected chi connectivity index (χ2v) is 15.2. The average Bonchev–Trinajstić information content (AvgIpc) is 3.30. The lowest BCUT2D eigenvalue weighted by atomic mass is 9.80. The zero-order chi connectivity index (χ0) is 38.6. The molecule has 1 aliphatic rings. The van der Waals surface area contributed by atoms with E-state index in [2.05, 4.69) is 187 Å². The Kier molecular flexibility index (Phi) is 8.22. The molecule has 0 N–H and O–H groups in total. The standard InChI is InChI=1S/C56H38FN/c57-41-28-30-42(31-29-41)58(53-34-40-22-10-11-23-44(40)45-24-12-14-26-47(45)53)43-32-33-49-52(35-43)46-25-13-15-27-48(46)55-51(38-18-6-2-7-19-38)36-50(37-16-4-1-5-17-37)54(56(49)55)39-20-8-3-9-21-39/h1-6,8-18,20-36H,7,19H2. The number of rotatable bonds is 6. The molecule has 0 amide bonds. The lowest BCUT2D eigenvalue weighted by molar-refractivity contribution is 0.628. The van der Waals surface area contributed by atoms with E-state index in [0.29, 0.717) is 0 Å². The third-order valence-corrected chi connectivity index (χ3v) is 11.9. The van der Waals surface area contributed by atoms with Crippen molar-refractivity contribution >= 4 is 76.5 Å². The van der Waals surface area contributed by atoms with Crippen LogP contribution in [0.5, 0.6) is 0 Å². The summed E-state index contributed by atoms with van der Waals surface area (Å²) in [5.41, 5.74) is 10.4. The molecular weight excluding hydrogens is 706 g/mol. The molecule has 0 heterocycles. The monoisotopic (exact) mass is 743 g/mol. The van der Waals surface area contributed by atoms with Crippen LogP contribution in [0, 0.1) is 5.82 Å². The molecule has 0 atom stereocenters. The average molecular weight is 744 g/mol. The van der Waals surface area contributed by atoms with Gasteiger partial charge >= 0.3 is 0 Å². The molecule has 0 bridgehead atoms. The van der Waals surface area contributed by atoms with Crippen LogP contribution in [0.3, 0.4) is 0 Å². The smallest absolute Gasteiger partial charge is 0.123 e. The Morgan fingerprint density at radius 1 is 0.431 bits per heavy atom. The number of hydrogen-bond donors (Lipinski definition) is 0. The minimum Gasteiger partial charge on any atom is -0.310 e. The Bertz CT molecular complexity index is 3270. The van der Waals surface area contributed by atoms with Gasteiger partial charge in [-0.3, -0.25) is 0 Å². The molecule has 0 fully saturated rings. The van der Waals surface area contributed by atoms with Crippen LogP contribution >= 0.6 is 0 Å². The molecule has 0 saturated carbocycles. The molecule has 2 heteroatoms. The van der Waals surface area contributed by atoms with Crippen molar-refractivity contribution in [2.75, 3.05) is 4.90 Å². The molecular formula is C56H38FN. The largest absolute Gasteiger partial charge is 0.310 e. The molecule has 0 spiro atoms. The van der Waals surface area contributed by atoms with Gasteiger partial charge in [-0.15, -0.1) is 0 Å². The van der Waals surface area contributed by atoms with Crippen molar-refractivity contribution in [3.05, 3.63) is 218 Å². The zero-order valence-corrected chi connectivity index (χ0v) is 31.9. The van der Waals surface area contributed by atoms with Gasteiger partial charge in [0.05, 0.1) is 5.69 Å². The number of nitrogens with zero attached hydrogens (tertiary/aromatic N) is 1. The number of hydrogen-bond acceptors (Lipinski definition) is 1. The van der Waals surface area contributed by atoms with Gasteiger partial charge < -0.3 is 4.90 Å². The lowest BCUT2D eigenvalue weighted by Crippen LogP contribution is -2.11. The van der Waals surface area contributed by atoms with Crippen molar-refractivity contribution in [3.8, 4) is 22.3 Å². The highest BCUT2D eigenvalue weighted by Gasteiger charge is 2.24. The van der Waals surface area contributed by atoms with Crippen molar-refractivity contribution in [3.63, 3.8) is 0 Å². The fraction of sp³-hybridized carbons (Fsp3) is 0.0357. The molecule has 0 aromatic heterocycles. The molecule has 58 heavy (non-hydrogen) atoms. The number of benzene rings is 10. The molecule has 10 aromatic carbocycles. The SMILES string of the molecule is Fc1ccc(N(c2ccc3c(c2)c2ccccc2c2c(C4=CC=CCC4)cc(-c4ccccc4)c(-c4ccccc4)c32)c2cc3ccccc3c3ccccc23)cc1. The van der Waals surface area contributed by atoms with Gasteiger partial charge in [-0.1, -0.05) is 158 Å². The summed E-state index contributed by atoms with van der Waals surface area (Å²) >= 11 is 0. The Labute approximate surface area is 337 Å². The van der Waals surface area contributed by atoms with Crippen LogP contribution in [0.25, 0.3) is 81.7 Å². The second-order valence-electron chi connectivity index (χ2n) is 15.2. The van der Waals surface area contributed by atoms with E-state index >= 15 is 0 Å². The molecule has 0 radical (unpaired) electrons. The number of allylic oxidation sites excluding steroid dienone is 4. The highest BCUT2D eigenvalue weighted by atomic mass is 19.1. The van der Waals surface area contributed by atoms with Crippen molar-refractivity contribution in [2.24, 2.45) is 0 Å². The number of halogens is 1. The molecule has 0 unspecified atom stereocenters. The summed E-state index contributed by atoms with van der Waals surface area (Å²) in [4.78, 5) is 2.30. The van der Waals surface area contributed by atoms with Crippen LogP contribution in [0.15, 0.2) is 206 Å². The van der Waals surface area contributed by atoms with Gasteiger partial charge in [0, 0.05) is 16.8 Å². The maximum absolute atomic E-state index is 14.6. The highest BCUT2D eigenvalue weighted by Crippen LogP contribution is 2.50. The second kappa shape index (κ2) is 14.0. The maximum atomic E-state index is 14.6. The highest BCUT2D eigenvalue weighted by molar-refractivity contribution is 6.32. The van der Waals surface area contributed by atoms with E-state index in [1.54, 1.807) is 12.1 Å². The Morgan fingerprint density at radius 2 is 1.03 bits per heavy atom. The number of anilines is 3. The Hall–Kier alpha value is -7.29. The molecule has 1 aliphatic carbocycles. The maximum Gasteiger partial charge on any atom is 0.123 e. The predicted octanol–water partition coefficient (Wildman–Crippen LogP) is 16.1. The van der Waals surface area contributed by atoms with Gasteiger partial charge in [-0.2, -0.15) is 0 Å². The third-order valence-electron chi connectivity index (χ3n) is 11.9. The summed E-state index contributed by atoms with van der Waals surface area (Å²) in [5, 5.41) is 12.0. The molecule has 274 valence electrons. The van der Waals surface area contributed by atoms with Gasteiger partial charge in [0.1, 0.15) is 5.82 Å². The minimum atomic E-state index is -0.259. The molecule has 0 aliphatic heterocycles. The van der Waals surface area contributed by atoms with Crippen LogP contribution in [-0.2, 0) is 0 Å². The zero-order valence-electron chi connectivity index (χ0n) is 31.9. The van der Waals surface area contributed by atoms with Crippen LogP contribution in [0.4, 0.5) is 21.5 Å². The van der Waals surface area contributed by atoms with E-state index in [-0.39, 0.29) is 5.82 Å². The van der Waals surface area contributed by atoms with Crippen LogP contribution < -0.4 is 4.90 Å². The first-order valence-corrected chi connectivity index (χ1v) is 20.1. The van der Waals surface area contributed by atoms with Crippen LogP contribution in [-0.4, -0.2) is 0 Å². The molecule has 10 aromatic rings. The van der Waals surface area contributed by atoms with E-state index < -0.39 is 0 Å². The van der Waals surface area contributed by atoms with Gasteiger partial charge in [0.15, 0.2) is 0 Å². The minimum absolute atomic E-state index is 0.259. The summed E-state index contributed by atoms with van der Waals surface area (Å²) in [6.45, 7) is 0. The van der Waals surface area contributed by atoms with Crippen molar-refractivity contribution in [2.45, 2.75) is 12.8 Å². The Morgan fingerprint density at radius 3 is 1.76 bits per heavy atom. The lowest BCUT2D eigenvalue weighted by Gasteiger charge is -2.28. The summed E-state index contributed by atoms with van der Waals surface area (Å²) in [7, 11) is 0. The predicted molar refractivity (Wildman–Crippen MR) is 246 cm³/mol. The normalized spacial score (nSPS) is 12.8. The molecule has 1 nitrogen and oxygen atoms in total. The summed E-state index contributed by atoms with van der Waals surface area (Å²) in [5.74, 6) is -0.259. The van der Waals surface area contributed by atoms with Gasteiger partial charge in [-0.25, -0.2) is 4.39 Å². The van der Waals surface area contributed by atoms with Crippen molar-refractivity contribution < 1.29 is 4.39 Å². The number of fused-ring (bicyclic) bond motifs is 9. The van der Waals surface area contributed by atoms with Crippen molar-refractivity contribution in [1.29, 1.82) is 0 Å². The van der Waals surface area contributed by atoms with E-state index in [4.69, 9.17) is 0 Å². The van der Waals surface area contributed by atoms with Crippen LogP contribution in [0.2, 0.25) is 0 Å². The first-order chi connectivity index (χ1) is 28.7. The van der Waals surface area contributed by atoms with E-state index in [1.807, 2.05) is 12.1 Å². The first-order valence-electron chi connectivity index (χ1n) is 20.1. The quantitative estimate of drug-likeness (QED) is 0.153. The van der Waals surface area contributed by atoms with E-state index in [9.17, 15) is 4.39 Å². The summed E-state index contributed by atoms with van der Waals surface area (Å²) in [6, 6.07) is 66.4. The topological polar surface area (TPSA) is 3.24 Å².